The van der Waals surface area contributed by atoms with Crippen LogP contribution >= 0.6 is 0 Å². The maximum absolute atomic E-state index is 12.3. The Morgan fingerprint density at radius 1 is 0.324 bits per heavy atom. The predicted octanol–water partition coefficient (Wildman–Crippen LogP) is 20.7. The highest BCUT2D eigenvalue weighted by atomic mass is 16.6. The Kier molecular flexibility index (Phi) is 59.0. The van der Waals surface area contributed by atoms with Gasteiger partial charge in [-0.2, -0.15) is 0 Å². The molecule has 0 saturated heterocycles. The second-order valence-electron chi connectivity index (χ2n) is 19.3. The number of aliphatic hydroxyl groups is 1. The van der Waals surface area contributed by atoms with Crippen molar-refractivity contribution in [2.75, 3.05) is 13.2 Å². The third kappa shape index (κ3) is 60.1. The minimum Gasteiger partial charge on any atom is -0.462 e. The van der Waals surface area contributed by atoms with Crippen molar-refractivity contribution in [1.29, 1.82) is 0 Å². The molecule has 0 fully saturated rings. The minimum absolute atomic E-state index is 0.0947. The van der Waals surface area contributed by atoms with Crippen LogP contribution in [0.1, 0.15) is 245 Å². The first-order chi connectivity index (χ1) is 36.6. The van der Waals surface area contributed by atoms with Gasteiger partial charge in [-0.3, -0.25) is 9.59 Å². The Balaban J connectivity index is 3.66. The topological polar surface area (TPSA) is 72.8 Å². The van der Waals surface area contributed by atoms with Crippen LogP contribution in [0.5, 0.6) is 0 Å². The second kappa shape index (κ2) is 62.8. The smallest absolute Gasteiger partial charge is 0.306 e. The van der Waals surface area contributed by atoms with Crippen LogP contribution in [0.15, 0.2) is 158 Å². The first kappa shape index (κ1) is 69.5. The Morgan fingerprint density at radius 2 is 0.581 bits per heavy atom. The van der Waals surface area contributed by atoms with E-state index in [0.29, 0.717) is 12.8 Å². The van der Waals surface area contributed by atoms with E-state index in [9.17, 15) is 14.7 Å². The lowest BCUT2D eigenvalue weighted by Crippen LogP contribution is -2.28. The van der Waals surface area contributed by atoms with E-state index in [1.165, 1.54) is 103 Å². The molecule has 1 unspecified atom stereocenters. The molecule has 0 aliphatic heterocycles. The second-order valence-corrected chi connectivity index (χ2v) is 19.3. The molecule has 0 rings (SSSR count). The number of allylic oxidation sites excluding steroid dienone is 26. The molecule has 5 heteroatoms. The van der Waals surface area contributed by atoms with Crippen LogP contribution in [-0.4, -0.2) is 36.4 Å². The number of unbranched alkanes of at least 4 members (excludes halogenated alkanes) is 19. The molecule has 1 N–H and O–H groups in total. The molecule has 0 heterocycles. The van der Waals surface area contributed by atoms with E-state index < -0.39 is 6.10 Å². The normalized spacial score (nSPS) is 13.4. The van der Waals surface area contributed by atoms with Crippen LogP contribution in [0.4, 0.5) is 0 Å². The number of ether oxygens (including phenoxy) is 2. The van der Waals surface area contributed by atoms with E-state index in [2.05, 4.69) is 172 Å². The van der Waals surface area contributed by atoms with Crippen LogP contribution in [0.3, 0.4) is 0 Å². The van der Waals surface area contributed by atoms with Crippen molar-refractivity contribution in [2.24, 2.45) is 0 Å². The van der Waals surface area contributed by atoms with Gasteiger partial charge in [0, 0.05) is 12.8 Å². The van der Waals surface area contributed by atoms with E-state index in [0.717, 1.165) is 109 Å². The zero-order chi connectivity index (χ0) is 53.4. The highest BCUT2D eigenvalue weighted by molar-refractivity contribution is 5.70. The Bertz CT molecular complexity index is 1620. The summed E-state index contributed by atoms with van der Waals surface area (Å²) in [5.74, 6) is -0.653. The van der Waals surface area contributed by atoms with Gasteiger partial charge in [0.2, 0.25) is 0 Å². The van der Waals surface area contributed by atoms with E-state index in [4.69, 9.17) is 9.47 Å². The van der Waals surface area contributed by atoms with Gasteiger partial charge in [-0.05, 0) is 128 Å². The average molecular weight is 1020 g/mol. The van der Waals surface area contributed by atoms with Gasteiger partial charge < -0.3 is 14.6 Å². The van der Waals surface area contributed by atoms with Crippen molar-refractivity contribution in [3.05, 3.63) is 158 Å². The van der Waals surface area contributed by atoms with Gasteiger partial charge in [0.25, 0.3) is 0 Å². The summed E-state index contributed by atoms with van der Waals surface area (Å²) in [4.78, 5) is 24.5. The zero-order valence-corrected chi connectivity index (χ0v) is 47.5. The summed E-state index contributed by atoms with van der Waals surface area (Å²) in [6.45, 7) is 3.98. The van der Waals surface area contributed by atoms with Crippen molar-refractivity contribution in [3.63, 3.8) is 0 Å². The van der Waals surface area contributed by atoms with Gasteiger partial charge in [0.1, 0.15) is 6.61 Å². The van der Waals surface area contributed by atoms with E-state index in [-0.39, 0.29) is 31.6 Å². The van der Waals surface area contributed by atoms with E-state index in [1.54, 1.807) is 0 Å². The summed E-state index contributed by atoms with van der Waals surface area (Å²) in [5, 5.41) is 9.66. The molecule has 1 atom stereocenters. The van der Waals surface area contributed by atoms with Crippen LogP contribution in [0.2, 0.25) is 0 Å². The molecular weight excluding hydrogens is 909 g/mol. The van der Waals surface area contributed by atoms with Crippen molar-refractivity contribution < 1.29 is 24.2 Å². The number of hydrogen-bond donors (Lipinski definition) is 1. The van der Waals surface area contributed by atoms with Gasteiger partial charge in [-0.15, -0.1) is 0 Å². The third-order valence-corrected chi connectivity index (χ3v) is 12.3. The van der Waals surface area contributed by atoms with Gasteiger partial charge in [-0.1, -0.05) is 262 Å². The monoisotopic (exact) mass is 1020 g/mol. The van der Waals surface area contributed by atoms with Crippen molar-refractivity contribution in [1.82, 2.24) is 0 Å². The highest BCUT2D eigenvalue weighted by Crippen LogP contribution is 2.14. The van der Waals surface area contributed by atoms with E-state index in [1.807, 2.05) is 0 Å². The maximum Gasteiger partial charge on any atom is 0.306 e. The minimum atomic E-state index is -0.810. The lowest BCUT2D eigenvalue weighted by atomic mass is 10.0. The van der Waals surface area contributed by atoms with E-state index >= 15 is 0 Å². The number of esters is 2. The molecule has 0 radical (unpaired) electrons. The fourth-order valence-corrected chi connectivity index (χ4v) is 7.82. The molecule has 0 aliphatic carbocycles. The zero-order valence-electron chi connectivity index (χ0n) is 47.5. The van der Waals surface area contributed by atoms with Crippen LogP contribution in [0.25, 0.3) is 0 Å². The lowest BCUT2D eigenvalue weighted by molar-refractivity contribution is -0.161. The fraction of sp³-hybridized carbons (Fsp3) is 0.594. The summed E-state index contributed by atoms with van der Waals surface area (Å²) >= 11 is 0. The molecule has 0 spiro atoms. The number of aliphatic hydroxyl groups excluding tert-OH is 1. The molecule has 0 saturated carbocycles. The van der Waals surface area contributed by atoms with Crippen LogP contribution < -0.4 is 0 Å². The standard InChI is InChI=1S/C69H110O5/c1-3-5-7-9-11-13-15-17-19-21-23-25-27-29-31-32-33-34-35-36-38-40-42-44-46-48-50-52-54-56-58-60-62-64-69(72)74-67(65-70)66-73-68(71)63-61-59-57-55-53-51-49-47-45-43-41-39-37-30-28-26-24-22-20-18-16-14-12-10-8-6-4-2/h5,7,11,13,16-19,22-25,28-31,33-34,36,38,42,44,48,50,54,56,67,70H,3-4,6,8-10,12,14-15,20-21,26-27,32,35,37,39-41,43,45-47,49,51-53,55,57-66H2,1-2H3/b7-5-,13-11-,18-16-,19-17-,24-22-,25-23-,30-28-,31-29-,34-33-,38-36-,44-42-,50-48-,56-54-. The third-order valence-electron chi connectivity index (χ3n) is 12.3. The summed E-state index contributed by atoms with van der Waals surface area (Å²) in [6, 6.07) is 0. The molecule has 5 nitrogen and oxygen atoms in total. The molecule has 0 amide bonds. The lowest BCUT2D eigenvalue weighted by Gasteiger charge is -2.15. The van der Waals surface area contributed by atoms with Gasteiger partial charge >= 0.3 is 11.9 Å². The Labute approximate surface area is 456 Å². The number of carbonyl (C=O) groups is 2. The van der Waals surface area contributed by atoms with Crippen molar-refractivity contribution in [2.45, 2.75) is 251 Å². The maximum atomic E-state index is 12.3. The first-order valence-corrected chi connectivity index (χ1v) is 30.0. The molecule has 0 aromatic rings. The molecule has 0 aromatic carbocycles. The quantitative estimate of drug-likeness (QED) is 0.0373. The number of rotatable bonds is 53. The summed E-state index contributed by atoms with van der Waals surface area (Å²) in [5.41, 5.74) is 0. The summed E-state index contributed by atoms with van der Waals surface area (Å²) in [7, 11) is 0. The number of hydrogen-bond acceptors (Lipinski definition) is 5. The molecule has 74 heavy (non-hydrogen) atoms. The van der Waals surface area contributed by atoms with Gasteiger partial charge in [0.05, 0.1) is 6.61 Å². The van der Waals surface area contributed by atoms with Crippen molar-refractivity contribution in [3.8, 4) is 0 Å². The molecule has 0 aliphatic rings. The summed E-state index contributed by atoms with van der Waals surface area (Å²) < 4.78 is 10.7. The van der Waals surface area contributed by atoms with Crippen LogP contribution in [0, 0.1) is 0 Å². The summed E-state index contributed by atoms with van der Waals surface area (Å²) in [6.07, 6.45) is 96.5. The van der Waals surface area contributed by atoms with Crippen LogP contribution in [-0.2, 0) is 19.1 Å². The van der Waals surface area contributed by atoms with Gasteiger partial charge in [0.15, 0.2) is 6.10 Å². The first-order valence-electron chi connectivity index (χ1n) is 30.0. The Hall–Kier alpha value is -4.48. The fourth-order valence-electron chi connectivity index (χ4n) is 7.82. The largest absolute Gasteiger partial charge is 0.462 e. The van der Waals surface area contributed by atoms with Gasteiger partial charge in [-0.25, -0.2) is 0 Å². The highest BCUT2D eigenvalue weighted by Gasteiger charge is 2.16. The Morgan fingerprint density at radius 3 is 0.905 bits per heavy atom. The average Bonchev–Trinajstić information content (AvgIpc) is 3.40. The number of carbonyl (C=O) groups excluding carboxylic acids is 2. The molecule has 0 aromatic heterocycles. The molecule has 416 valence electrons. The van der Waals surface area contributed by atoms with Crippen molar-refractivity contribution >= 4 is 11.9 Å². The molecular formula is C69H110O5. The molecule has 0 bridgehead atoms. The predicted molar refractivity (Wildman–Crippen MR) is 324 cm³/mol. The SMILES string of the molecule is CC/C=C\C/C=C\C/C=C\C/C=C\C/C=C\C/C=C\C/C=C\C/C=C\C/C=C\C/C=C\CCCCC(=O)OC(CO)COC(=O)CCCCCCCCCCCCCC/C=C\C/C=C\C/C=C\CCCCCCC.